The van der Waals surface area contributed by atoms with E-state index in [0.717, 1.165) is 6.21 Å². The second-order valence-corrected chi connectivity index (χ2v) is 6.25. The minimum absolute atomic E-state index is 0.0657. The predicted molar refractivity (Wildman–Crippen MR) is 116 cm³/mol. The number of rotatable bonds is 8. The van der Waals surface area contributed by atoms with Gasteiger partial charge in [-0.15, -0.1) is 6.58 Å². The topological polar surface area (TPSA) is 68.2 Å². The first-order valence-corrected chi connectivity index (χ1v) is 9.01. The Hall–Kier alpha value is -2.96. The summed E-state index contributed by atoms with van der Waals surface area (Å²) in [5.74, 6) is -1.07. The molecule has 0 spiro atoms. The fourth-order valence-corrected chi connectivity index (χ4v) is 2.61. The maximum atomic E-state index is 12.6. The molecule has 0 aliphatic carbocycles. The minimum atomic E-state index is -3.12. The largest absolute Gasteiger partial charge is 0.507 e. The predicted octanol–water partition coefficient (Wildman–Crippen LogP) is 2.39. The fraction of sp³-hybridized carbons (Fsp3) is 0.304. The summed E-state index contributed by atoms with van der Waals surface area (Å²) in [5.41, 5.74) is 3.44. The number of hydrogen-bond donors (Lipinski definition) is 2. The number of hydrogen-bond acceptors (Lipinski definition) is 5. The van der Waals surface area contributed by atoms with E-state index in [0.29, 0.717) is 22.4 Å². The van der Waals surface area contributed by atoms with E-state index in [1.165, 1.54) is 0 Å². The van der Waals surface area contributed by atoms with Gasteiger partial charge in [0.25, 0.3) is 5.91 Å². The van der Waals surface area contributed by atoms with E-state index in [9.17, 15) is 9.90 Å². The van der Waals surface area contributed by atoms with Crippen LogP contribution in [-0.4, -0.2) is 59.6 Å². The van der Waals surface area contributed by atoms with Crippen LogP contribution >= 0.6 is 0 Å². The van der Waals surface area contributed by atoms with Crippen molar-refractivity contribution in [3.05, 3.63) is 77.9 Å². The van der Waals surface area contributed by atoms with Gasteiger partial charge in [0.15, 0.2) is 0 Å². The summed E-state index contributed by atoms with van der Waals surface area (Å²) in [6.07, 6.45) is 3.17. The third-order valence-electron chi connectivity index (χ3n) is 4.03. The molecule has 6 nitrogen and oxygen atoms in total. The summed E-state index contributed by atoms with van der Waals surface area (Å²) in [5, 5.41) is 14.0. The Morgan fingerprint density at radius 3 is 2.59 bits per heavy atom. The van der Waals surface area contributed by atoms with E-state index in [1.54, 1.807) is 54.6 Å². The molecule has 3 rings (SSSR count). The van der Waals surface area contributed by atoms with Crippen LogP contribution in [0.5, 0.6) is 5.75 Å². The number of aromatic hydroxyl groups is 1. The Morgan fingerprint density at radius 2 is 1.86 bits per heavy atom. The van der Waals surface area contributed by atoms with E-state index in [4.69, 9.17) is 11.0 Å². The summed E-state index contributed by atoms with van der Waals surface area (Å²) in [7, 11) is 0. The van der Waals surface area contributed by atoms with Gasteiger partial charge in [0.2, 0.25) is 0 Å². The van der Waals surface area contributed by atoms with Crippen LogP contribution in [0.25, 0.3) is 0 Å². The van der Waals surface area contributed by atoms with Gasteiger partial charge in [-0.3, -0.25) is 14.6 Å². The van der Waals surface area contributed by atoms with Crippen molar-refractivity contribution in [3.8, 4) is 5.75 Å². The molecule has 1 aliphatic rings. The zero-order chi connectivity index (χ0) is 27.6. The molecular formula is C23H28N4O2. The summed E-state index contributed by atoms with van der Waals surface area (Å²) >= 11 is 0. The van der Waals surface area contributed by atoms with Crippen molar-refractivity contribution in [2.75, 3.05) is 32.5 Å². The van der Waals surface area contributed by atoms with Gasteiger partial charge in [0.05, 0.1) is 12.8 Å². The standard InChI is InChI=1S/C23H28N4O2/c1-2-7-20-10-6-11-21(23(20)29)16-24-25-22(28)18-27-14-12-26(13-15-27)17-19-8-4-3-5-9-19/h2-6,8-11,16,29H,1,7,12-15,17-18H2,(H,25,28)/b24-16+/i12D2,13D2,14D2,15D2. The average molecular weight is 401 g/mol. The molecule has 0 radical (unpaired) electrons. The van der Waals surface area contributed by atoms with Gasteiger partial charge < -0.3 is 5.11 Å². The van der Waals surface area contributed by atoms with Crippen LogP contribution in [-0.2, 0) is 17.8 Å². The summed E-state index contributed by atoms with van der Waals surface area (Å²) in [4.78, 5) is 13.3. The third kappa shape index (κ3) is 6.27. The van der Waals surface area contributed by atoms with E-state index in [1.807, 2.05) is 0 Å². The number of carbonyl (C=O) groups excluding carboxylic acids is 1. The Kier molecular flexibility index (Phi) is 4.57. The van der Waals surface area contributed by atoms with Gasteiger partial charge in [-0.05, 0) is 23.6 Å². The summed E-state index contributed by atoms with van der Waals surface area (Å²) in [6.45, 7) is -10.1. The lowest BCUT2D eigenvalue weighted by Gasteiger charge is -2.34. The highest BCUT2D eigenvalue weighted by Crippen LogP contribution is 2.21. The quantitative estimate of drug-likeness (QED) is 0.406. The SMILES string of the molecule is [2H]C1([2H])N(CC(=O)N/N=C/c2cccc(CC=C)c2O)C([2H])([2H])C([2H])([2H])N(Cc2ccccc2)C1([2H])[2H]. The Morgan fingerprint density at radius 1 is 1.14 bits per heavy atom. The first kappa shape index (κ1) is 12.6. The Bertz CT molecular complexity index is 1150. The number of piperazine rings is 1. The van der Waals surface area contributed by atoms with Crippen LogP contribution in [0.15, 0.2) is 66.3 Å². The number of amides is 1. The smallest absolute Gasteiger partial charge is 0.254 e. The van der Waals surface area contributed by atoms with Crippen molar-refractivity contribution in [1.29, 1.82) is 0 Å². The van der Waals surface area contributed by atoms with Crippen LogP contribution in [0, 0.1) is 0 Å². The molecule has 0 saturated carbocycles. The molecule has 2 aromatic carbocycles. The number of para-hydroxylation sites is 1. The van der Waals surface area contributed by atoms with Gasteiger partial charge in [0.1, 0.15) is 5.75 Å². The number of phenols is 1. The lowest BCUT2D eigenvalue weighted by molar-refractivity contribution is -0.122. The van der Waals surface area contributed by atoms with Gasteiger partial charge in [-0.2, -0.15) is 5.10 Å². The molecular weight excluding hydrogens is 364 g/mol. The molecule has 1 saturated heterocycles. The maximum absolute atomic E-state index is 12.6. The zero-order valence-electron chi connectivity index (χ0n) is 23.8. The molecule has 152 valence electrons. The van der Waals surface area contributed by atoms with E-state index in [-0.39, 0.29) is 16.2 Å². The highest BCUT2D eigenvalue weighted by atomic mass is 16.3. The summed E-state index contributed by atoms with van der Waals surface area (Å²) in [6, 6.07) is 13.1. The number of hydrazone groups is 1. The normalized spacial score (nSPS) is 26.5. The number of carbonyl (C=O) groups is 1. The molecule has 0 atom stereocenters. The first-order valence-electron chi connectivity index (χ1n) is 13.0. The molecule has 1 aliphatic heterocycles. The number of nitrogens with zero attached hydrogens (tertiary/aromatic N) is 3. The Labute approximate surface area is 183 Å². The second-order valence-electron chi connectivity index (χ2n) is 6.25. The molecule has 1 amide bonds. The molecule has 29 heavy (non-hydrogen) atoms. The van der Waals surface area contributed by atoms with Crippen molar-refractivity contribution < 1.29 is 20.9 Å². The van der Waals surface area contributed by atoms with Crippen molar-refractivity contribution in [2.45, 2.75) is 13.0 Å². The molecule has 0 bridgehead atoms. The van der Waals surface area contributed by atoms with E-state index < -0.39 is 45.0 Å². The van der Waals surface area contributed by atoms with Gasteiger partial charge in [-0.1, -0.05) is 48.5 Å². The van der Waals surface area contributed by atoms with Gasteiger partial charge in [-0.25, -0.2) is 5.43 Å². The highest BCUT2D eigenvalue weighted by molar-refractivity contribution is 5.86. The van der Waals surface area contributed by atoms with Crippen molar-refractivity contribution in [2.24, 2.45) is 5.10 Å². The minimum Gasteiger partial charge on any atom is -0.507 e. The highest BCUT2D eigenvalue weighted by Gasteiger charge is 2.18. The van der Waals surface area contributed by atoms with E-state index >= 15 is 0 Å². The van der Waals surface area contributed by atoms with Gasteiger partial charge in [0, 0.05) is 49.1 Å². The molecule has 2 aromatic rings. The van der Waals surface area contributed by atoms with Crippen LogP contribution in [0.4, 0.5) is 0 Å². The van der Waals surface area contributed by atoms with E-state index in [2.05, 4.69) is 17.1 Å². The van der Waals surface area contributed by atoms with Crippen molar-refractivity contribution in [3.63, 3.8) is 0 Å². The molecule has 6 heteroatoms. The monoisotopic (exact) mass is 400 g/mol. The van der Waals surface area contributed by atoms with Gasteiger partial charge >= 0.3 is 0 Å². The van der Waals surface area contributed by atoms with Crippen molar-refractivity contribution >= 4 is 12.1 Å². The zero-order valence-corrected chi connectivity index (χ0v) is 15.8. The average Bonchev–Trinajstić information content (AvgIpc) is 2.82. The fourth-order valence-electron chi connectivity index (χ4n) is 2.61. The molecule has 0 aromatic heterocycles. The van der Waals surface area contributed by atoms with Crippen molar-refractivity contribution in [1.82, 2.24) is 15.2 Å². The number of benzene rings is 2. The Balaban J connectivity index is 1.83. The van der Waals surface area contributed by atoms with Crippen LogP contribution in [0.1, 0.15) is 27.7 Å². The first-order chi connectivity index (χ1) is 17.2. The van der Waals surface area contributed by atoms with Crippen LogP contribution in [0.3, 0.4) is 0 Å². The lowest BCUT2D eigenvalue weighted by atomic mass is 10.1. The molecule has 1 heterocycles. The molecule has 2 N–H and O–H groups in total. The maximum Gasteiger partial charge on any atom is 0.254 e. The summed E-state index contributed by atoms with van der Waals surface area (Å²) < 4.78 is 67.5. The lowest BCUT2D eigenvalue weighted by Crippen LogP contribution is -2.48. The van der Waals surface area contributed by atoms with Crippen LogP contribution < -0.4 is 5.43 Å². The second kappa shape index (κ2) is 10.5. The third-order valence-corrected chi connectivity index (χ3v) is 4.03. The molecule has 1 fully saturated rings. The number of nitrogens with one attached hydrogen (secondary N) is 1. The molecule has 0 unspecified atom stereocenters. The van der Waals surface area contributed by atoms with Crippen LogP contribution in [0.2, 0.25) is 0 Å². The number of allylic oxidation sites excluding steroid dienone is 1. The number of phenolic OH excluding ortho intramolecular Hbond substituents is 1.